The molecular formula is C15H20ClN. The molecule has 1 fully saturated rings. The van der Waals surface area contributed by atoms with Gasteiger partial charge in [-0.05, 0) is 50.4 Å². The Labute approximate surface area is 109 Å². The lowest BCUT2D eigenvalue weighted by atomic mass is 9.97. The fraction of sp³-hybridized carbons (Fsp3) is 0.467. The lowest BCUT2D eigenvalue weighted by Gasteiger charge is -2.23. The van der Waals surface area contributed by atoms with Crippen LogP contribution in [-0.4, -0.2) is 12.6 Å². The fourth-order valence-electron chi connectivity index (χ4n) is 2.39. The predicted octanol–water partition coefficient (Wildman–Crippen LogP) is 4.28. The summed E-state index contributed by atoms with van der Waals surface area (Å²) in [6.07, 6.45) is 7.42. The Balaban J connectivity index is 1.93. The monoisotopic (exact) mass is 249 g/mol. The number of benzene rings is 1. The van der Waals surface area contributed by atoms with E-state index >= 15 is 0 Å². The Morgan fingerprint density at radius 1 is 1.35 bits per heavy atom. The molecule has 1 nitrogen and oxygen atoms in total. The largest absolute Gasteiger partial charge is 0.314 e. The van der Waals surface area contributed by atoms with Gasteiger partial charge >= 0.3 is 0 Å². The zero-order valence-electron chi connectivity index (χ0n) is 10.4. The molecule has 0 amide bonds. The van der Waals surface area contributed by atoms with E-state index in [0.29, 0.717) is 6.04 Å². The average Bonchev–Trinajstić information content (AvgIpc) is 2.33. The van der Waals surface area contributed by atoms with Crippen LogP contribution in [0.15, 0.2) is 29.8 Å². The minimum atomic E-state index is 0.673. The minimum Gasteiger partial charge on any atom is -0.314 e. The van der Waals surface area contributed by atoms with Crippen LogP contribution in [0.5, 0.6) is 0 Å². The molecule has 1 unspecified atom stereocenters. The molecule has 1 aliphatic rings. The molecule has 0 aromatic heterocycles. The van der Waals surface area contributed by atoms with Crippen LogP contribution in [-0.2, 0) is 0 Å². The van der Waals surface area contributed by atoms with E-state index in [1.807, 2.05) is 12.1 Å². The highest BCUT2D eigenvalue weighted by atomic mass is 35.5. The Morgan fingerprint density at radius 2 is 2.12 bits per heavy atom. The highest BCUT2D eigenvalue weighted by molar-refractivity contribution is 6.30. The van der Waals surface area contributed by atoms with Gasteiger partial charge in [-0.25, -0.2) is 0 Å². The molecule has 0 radical (unpaired) electrons. The highest BCUT2D eigenvalue weighted by Gasteiger charge is 2.12. The molecule has 1 aliphatic heterocycles. The van der Waals surface area contributed by atoms with Crippen molar-refractivity contribution >= 4 is 17.7 Å². The van der Waals surface area contributed by atoms with Gasteiger partial charge in [-0.15, -0.1) is 0 Å². The topological polar surface area (TPSA) is 12.0 Å². The lowest BCUT2D eigenvalue weighted by Crippen LogP contribution is -2.33. The summed E-state index contributed by atoms with van der Waals surface area (Å²) >= 11 is 5.87. The van der Waals surface area contributed by atoms with Crippen molar-refractivity contribution < 1.29 is 0 Å². The second kappa shape index (κ2) is 6.23. The summed E-state index contributed by atoms with van der Waals surface area (Å²) < 4.78 is 0. The van der Waals surface area contributed by atoms with Crippen molar-refractivity contribution in [3.63, 3.8) is 0 Å². The summed E-state index contributed by atoms with van der Waals surface area (Å²) in [5.74, 6) is 0. The van der Waals surface area contributed by atoms with Crippen LogP contribution in [0, 0.1) is 0 Å². The van der Waals surface area contributed by atoms with Gasteiger partial charge in [0.2, 0.25) is 0 Å². The van der Waals surface area contributed by atoms with Crippen LogP contribution in [0.4, 0.5) is 0 Å². The molecule has 0 saturated carbocycles. The molecule has 2 rings (SSSR count). The molecule has 1 saturated heterocycles. The summed E-state index contributed by atoms with van der Waals surface area (Å²) in [7, 11) is 0. The van der Waals surface area contributed by atoms with E-state index < -0.39 is 0 Å². The standard InChI is InChI=1S/C15H20ClN/c1-12(11-15-4-2-3-9-17-15)10-13-5-7-14(16)8-6-13/h5-8,10,15,17H,2-4,9,11H2,1H3/b12-10-. The number of piperidine rings is 1. The first-order valence-corrected chi connectivity index (χ1v) is 6.78. The van der Waals surface area contributed by atoms with Crippen LogP contribution in [0.1, 0.15) is 38.2 Å². The quantitative estimate of drug-likeness (QED) is 0.843. The van der Waals surface area contributed by atoms with Crippen molar-refractivity contribution in [3.05, 3.63) is 40.4 Å². The van der Waals surface area contributed by atoms with Crippen LogP contribution < -0.4 is 5.32 Å². The van der Waals surface area contributed by atoms with Gasteiger partial charge < -0.3 is 5.32 Å². The van der Waals surface area contributed by atoms with Crippen molar-refractivity contribution in [2.45, 2.75) is 38.6 Å². The predicted molar refractivity (Wildman–Crippen MR) is 75.4 cm³/mol. The Hall–Kier alpha value is -0.790. The third-order valence-electron chi connectivity index (χ3n) is 3.26. The Morgan fingerprint density at radius 3 is 2.76 bits per heavy atom. The van der Waals surface area contributed by atoms with Crippen molar-refractivity contribution in [2.24, 2.45) is 0 Å². The SMILES string of the molecule is C/C(=C/c1ccc(Cl)cc1)CC1CCCCN1. The van der Waals surface area contributed by atoms with Gasteiger partial charge in [0.25, 0.3) is 0 Å². The average molecular weight is 250 g/mol. The van der Waals surface area contributed by atoms with E-state index in [4.69, 9.17) is 11.6 Å². The van der Waals surface area contributed by atoms with Gasteiger partial charge in [-0.1, -0.05) is 41.8 Å². The number of nitrogens with one attached hydrogen (secondary N) is 1. The number of halogens is 1. The number of rotatable bonds is 3. The molecule has 92 valence electrons. The summed E-state index contributed by atoms with van der Waals surface area (Å²) in [4.78, 5) is 0. The number of hydrogen-bond donors (Lipinski definition) is 1. The maximum Gasteiger partial charge on any atom is 0.0406 e. The Bertz CT molecular complexity index is 374. The molecule has 1 N–H and O–H groups in total. The van der Waals surface area contributed by atoms with E-state index in [1.54, 1.807) is 0 Å². The van der Waals surface area contributed by atoms with Crippen molar-refractivity contribution in [3.8, 4) is 0 Å². The molecule has 17 heavy (non-hydrogen) atoms. The summed E-state index contributed by atoms with van der Waals surface area (Å²) in [6.45, 7) is 3.39. The van der Waals surface area contributed by atoms with E-state index in [1.165, 1.54) is 36.9 Å². The smallest absolute Gasteiger partial charge is 0.0406 e. The van der Waals surface area contributed by atoms with Crippen LogP contribution in [0.25, 0.3) is 6.08 Å². The molecule has 0 spiro atoms. The van der Waals surface area contributed by atoms with Crippen LogP contribution in [0.2, 0.25) is 5.02 Å². The van der Waals surface area contributed by atoms with Crippen LogP contribution in [0.3, 0.4) is 0 Å². The normalized spacial score (nSPS) is 21.5. The second-order valence-electron chi connectivity index (χ2n) is 4.89. The van der Waals surface area contributed by atoms with E-state index in [2.05, 4.69) is 30.4 Å². The van der Waals surface area contributed by atoms with E-state index in [0.717, 1.165) is 11.4 Å². The molecular weight excluding hydrogens is 230 g/mol. The third kappa shape index (κ3) is 4.18. The fourth-order valence-corrected chi connectivity index (χ4v) is 2.52. The zero-order valence-corrected chi connectivity index (χ0v) is 11.1. The lowest BCUT2D eigenvalue weighted by molar-refractivity contribution is 0.399. The maximum absolute atomic E-state index is 5.87. The molecule has 1 aromatic carbocycles. The molecule has 1 heterocycles. The second-order valence-corrected chi connectivity index (χ2v) is 5.33. The highest BCUT2D eigenvalue weighted by Crippen LogP contribution is 2.18. The molecule has 2 heteroatoms. The van der Waals surface area contributed by atoms with Gasteiger partial charge in [0, 0.05) is 11.1 Å². The Kier molecular flexibility index (Phi) is 4.64. The van der Waals surface area contributed by atoms with Gasteiger partial charge in [0.05, 0.1) is 0 Å². The van der Waals surface area contributed by atoms with Gasteiger partial charge in [-0.2, -0.15) is 0 Å². The maximum atomic E-state index is 5.87. The first-order valence-electron chi connectivity index (χ1n) is 6.40. The van der Waals surface area contributed by atoms with Crippen LogP contribution >= 0.6 is 11.6 Å². The summed E-state index contributed by atoms with van der Waals surface area (Å²) in [5, 5.41) is 4.38. The number of hydrogen-bond acceptors (Lipinski definition) is 1. The molecule has 0 aliphatic carbocycles. The third-order valence-corrected chi connectivity index (χ3v) is 3.52. The first-order chi connectivity index (χ1) is 8.24. The zero-order chi connectivity index (χ0) is 12.1. The molecule has 0 bridgehead atoms. The van der Waals surface area contributed by atoms with Gasteiger partial charge in [0.15, 0.2) is 0 Å². The van der Waals surface area contributed by atoms with Crippen molar-refractivity contribution in [1.29, 1.82) is 0 Å². The minimum absolute atomic E-state index is 0.673. The summed E-state index contributed by atoms with van der Waals surface area (Å²) in [6, 6.07) is 8.70. The first kappa shape index (κ1) is 12.7. The van der Waals surface area contributed by atoms with Gasteiger partial charge in [-0.3, -0.25) is 0 Å². The summed E-state index contributed by atoms with van der Waals surface area (Å²) in [5.41, 5.74) is 2.68. The van der Waals surface area contributed by atoms with Gasteiger partial charge in [0.1, 0.15) is 0 Å². The molecule has 1 aromatic rings. The van der Waals surface area contributed by atoms with E-state index in [-0.39, 0.29) is 0 Å². The molecule has 1 atom stereocenters. The van der Waals surface area contributed by atoms with Crippen molar-refractivity contribution in [2.75, 3.05) is 6.54 Å². The van der Waals surface area contributed by atoms with E-state index in [9.17, 15) is 0 Å². The van der Waals surface area contributed by atoms with Crippen molar-refractivity contribution in [1.82, 2.24) is 5.32 Å².